The molecule has 132 valence electrons. The fraction of sp³-hybridized carbons (Fsp3) is 0.769. The van der Waals surface area contributed by atoms with Crippen molar-refractivity contribution in [2.45, 2.75) is 44.9 Å². The van der Waals surface area contributed by atoms with Crippen LogP contribution in [0.5, 0.6) is 0 Å². The average Bonchev–Trinajstić information content (AvgIpc) is 2.71. The Morgan fingerprint density at radius 1 is 1.22 bits per heavy atom. The van der Waals surface area contributed by atoms with E-state index in [-0.39, 0.29) is 12.4 Å². The third-order valence-electron chi connectivity index (χ3n) is 3.80. The van der Waals surface area contributed by atoms with Gasteiger partial charge in [-0.2, -0.15) is 30.2 Å². The van der Waals surface area contributed by atoms with Gasteiger partial charge in [-0.15, -0.1) is 0 Å². The van der Waals surface area contributed by atoms with Crippen LogP contribution < -0.4 is 0 Å². The molecule has 1 fully saturated rings. The van der Waals surface area contributed by atoms with E-state index in [1.165, 1.54) is 23.7 Å². The van der Waals surface area contributed by atoms with Crippen LogP contribution >= 0.6 is 0 Å². The van der Waals surface area contributed by atoms with Gasteiger partial charge in [0.05, 0.1) is 6.54 Å². The first-order valence-electron chi connectivity index (χ1n) is 7.48. The number of halogens is 3. The van der Waals surface area contributed by atoms with Crippen LogP contribution in [-0.2, 0) is 23.3 Å². The minimum absolute atomic E-state index is 0.0724. The van der Waals surface area contributed by atoms with Gasteiger partial charge in [0.25, 0.3) is 10.2 Å². The summed E-state index contributed by atoms with van der Waals surface area (Å²) < 4.78 is 66.0. The molecule has 1 aromatic rings. The molecule has 23 heavy (non-hydrogen) atoms. The first-order valence-corrected chi connectivity index (χ1v) is 8.88. The van der Waals surface area contributed by atoms with Crippen molar-refractivity contribution < 1.29 is 21.6 Å². The molecule has 6 nitrogen and oxygen atoms in total. The van der Waals surface area contributed by atoms with Crippen LogP contribution in [0.3, 0.4) is 0 Å². The number of alkyl halides is 3. The molecule has 1 aliphatic rings. The normalized spacial score (nSPS) is 18.3. The molecule has 1 aromatic heterocycles. The van der Waals surface area contributed by atoms with Crippen molar-refractivity contribution in [1.82, 2.24) is 18.2 Å². The molecular formula is C13H21F3N4O2S. The Morgan fingerprint density at radius 3 is 2.39 bits per heavy atom. The molecule has 0 saturated carbocycles. The number of imidazole rings is 1. The molecule has 0 N–H and O–H groups in total. The van der Waals surface area contributed by atoms with Crippen molar-refractivity contribution in [3.63, 3.8) is 0 Å². The van der Waals surface area contributed by atoms with Crippen LogP contribution in [0.15, 0.2) is 12.4 Å². The van der Waals surface area contributed by atoms with Crippen LogP contribution in [0, 0.1) is 0 Å². The smallest absolute Gasteiger partial charge is 0.325 e. The van der Waals surface area contributed by atoms with Gasteiger partial charge >= 0.3 is 6.18 Å². The quantitative estimate of drug-likeness (QED) is 0.813. The maximum Gasteiger partial charge on any atom is 0.406 e. The van der Waals surface area contributed by atoms with Gasteiger partial charge in [-0.05, 0) is 12.8 Å². The molecule has 1 aliphatic heterocycles. The summed E-state index contributed by atoms with van der Waals surface area (Å²) in [5.41, 5.74) is 0. The zero-order chi connectivity index (χ0) is 17.1. The maximum atomic E-state index is 12.6. The first kappa shape index (κ1) is 18.2. The predicted molar refractivity (Wildman–Crippen MR) is 78.7 cm³/mol. The van der Waals surface area contributed by atoms with E-state index in [4.69, 9.17) is 0 Å². The topological polar surface area (TPSA) is 58.4 Å². The second-order valence-electron chi connectivity index (χ2n) is 5.66. The summed E-state index contributed by atoms with van der Waals surface area (Å²) in [6.45, 7) is -0.477. The second kappa shape index (κ2) is 7.18. The number of hydrogen-bond acceptors (Lipinski definition) is 3. The summed E-state index contributed by atoms with van der Waals surface area (Å²) >= 11 is 0. The van der Waals surface area contributed by atoms with Crippen LogP contribution in [0.4, 0.5) is 13.2 Å². The lowest BCUT2D eigenvalue weighted by molar-refractivity contribution is -0.141. The fourth-order valence-corrected chi connectivity index (χ4v) is 3.97. The molecule has 2 heterocycles. The molecule has 0 amide bonds. The Kier molecular flexibility index (Phi) is 5.69. The summed E-state index contributed by atoms with van der Waals surface area (Å²) in [6, 6.07) is 0. The summed E-state index contributed by atoms with van der Waals surface area (Å²) in [4.78, 5) is 3.86. The molecule has 0 bridgehead atoms. The van der Waals surface area contributed by atoms with Crippen molar-refractivity contribution in [2.75, 3.05) is 20.1 Å². The third kappa shape index (κ3) is 4.92. The maximum absolute atomic E-state index is 12.6. The molecule has 2 rings (SSSR count). The molecule has 0 radical (unpaired) electrons. The highest BCUT2D eigenvalue weighted by Crippen LogP contribution is 2.20. The molecule has 0 atom stereocenters. The molecular weight excluding hydrogens is 333 g/mol. The van der Waals surface area contributed by atoms with Crippen molar-refractivity contribution in [1.29, 1.82) is 0 Å². The fourth-order valence-electron chi connectivity index (χ4n) is 2.58. The van der Waals surface area contributed by atoms with Gasteiger partial charge in [-0.1, -0.05) is 12.8 Å². The molecule has 10 heteroatoms. The van der Waals surface area contributed by atoms with E-state index in [2.05, 4.69) is 4.98 Å². The minimum Gasteiger partial charge on any atom is -0.325 e. The molecule has 0 unspecified atom stereocenters. The van der Waals surface area contributed by atoms with Gasteiger partial charge in [0, 0.05) is 32.5 Å². The van der Waals surface area contributed by atoms with E-state index in [9.17, 15) is 21.6 Å². The Morgan fingerprint density at radius 2 is 1.83 bits per heavy atom. The van der Waals surface area contributed by atoms with Crippen molar-refractivity contribution in [3.8, 4) is 0 Å². The van der Waals surface area contributed by atoms with Crippen LogP contribution in [0.2, 0.25) is 0 Å². The van der Waals surface area contributed by atoms with Gasteiger partial charge < -0.3 is 4.57 Å². The lowest BCUT2D eigenvalue weighted by Crippen LogP contribution is -2.42. The monoisotopic (exact) mass is 354 g/mol. The van der Waals surface area contributed by atoms with E-state index in [1.807, 2.05) is 0 Å². The zero-order valence-electron chi connectivity index (χ0n) is 13.0. The average molecular weight is 354 g/mol. The largest absolute Gasteiger partial charge is 0.406 e. The van der Waals surface area contributed by atoms with E-state index in [0.717, 1.165) is 34.6 Å². The number of nitrogens with zero attached hydrogens (tertiary/aromatic N) is 4. The number of hydrogen-bond donors (Lipinski definition) is 0. The van der Waals surface area contributed by atoms with Crippen molar-refractivity contribution in [2.24, 2.45) is 0 Å². The molecule has 0 aromatic carbocycles. The Hall–Kier alpha value is -1.13. The first-order chi connectivity index (χ1) is 10.7. The second-order valence-corrected chi connectivity index (χ2v) is 7.70. The standard InChI is InChI=1S/C13H21F3N4O2S/c1-18(23(21,22)20-7-4-2-3-5-8-20)10-12-17-6-9-19(12)11-13(14,15)16/h6,9H,2-5,7-8,10-11H2,1H3. The Balaban J connectivity index is 2.09. The third-order valence-corrected chi connectivity index (χ3v) is 5.74. The lowest BCUT2D eigenvalue weighted by atomic mass is 10.2. The summed E-state index contributed by atoms with van der Waals surface area (Å²) in [6.07, 6.45) is 1.66. The van der Waals surface area contributed by atoms with Crippen molar-refractivity contribution >= 4 is 10.2 Å². The highest BCUT2D eigenvalue weighted by atomic mass is 32.2. The molecule has 0 aliphatic carbocycles. The van der Waals surface area contributed by atoms with E-state index < -0.39 is 22.9 Å². The van der Waals surface area contributed by atoms with Gasteiger partial charge in [0.2, 0.25) is 0 Å². The summed E-state index contributed by atoms with van der Waals surface area (Å²) in [5, 5.41) is 0. The number of aromatic nitrogens is 2. The van der Waals surface area contributed by atoms with Gasteiger partial charge in [-0.25, -0.2) is 4.98 Å². The van der Waals surface area contributed by atoms with Gasteiger partial charge in [0.1, 0.15) is 12.4 Å². The van der Waals surface area contributed by atoms with Crippen LogP contribution in [-0.4, -0.2) is 52.9 Å². The lowest BCUT2D eigenvalue weighted by Gasteiger charge is -2.26. The van der Waals surface area contributed by atoms with E-state index in [1.54, 1.807) is 0 Å². The minimum atomic E-state index is -4.38. The highest BCUT2D eigenvalue weighted by molar-refractivity contribution is 7.86. The van der Waals surface area contributed by atoms with Gasteiger partial charge in [-0.3, -0.25) is 0 Å². The zero-order valence-corrected chi connectivity index (χ0v) is 13.8. The highest BCUT2D eigenvalue weighted by Gasteiger charge is 2.31. The van der Waals surface area contributed by atoms with Crippen LogP contribution in [0.25, 0.3) is 0 Å². The summed E-state index contributed by atoms with van der Waals surface area (Å²) in [7, 11) is -2.32. The SMILES string of the molecule is CN(Cc1nccn1CC(F)(F)F)S(=O)(=O)N1CCCCCC1. The molecule has 1 saturated heterocycles. The van der Waals surface area contributed by atoms with Gasteiger partial charge in [0.15, 0.2) is 0 Å². The van der Waals surface area contributed by atoms with E-state index >= 15 is 0 Å². The number of rotatable bonds is 5. The summed E-state index contributed by atoms with van der Waals surface area (Å²) in [5.74, 6) is 0.0724. The van der Waals surface area contributed by atoms with Crippen LogP contribution in [0.1, 0.15) is 31.5 Å². The predicted octanol–water partition coefficient (Wildman–Crippen LogP) is 2.00. The Labute approximate surface area is 134 Å². The Bertz CT molecular complexity index is 607. The molecule has 0 spiro atoms. The van der Waals surface area contributed by atoms with Crippen molar-refractivity contribution in [3.05, 3.63) is 18.2 Å². The van der Waals surface area contributed by atoms with E-state index in [0.29, 0.717) is 13.1 Å².